The highest BCUT2D eigenvalue weighted by Gasteiger charge is 2.19. The van der Waals surface area contributed by atoms with Crippen LogP contribution in [0.15, 0.2) is 90.1 Å². The molecule has 7 aromatic rings. The molecular formula is C27H19N7O. The van der Waals surface area contributed by atoms with Crippen molar-refractivity contribution in [3.8, 4) is 28.5 Å². The fourth-order valence-corrected chi connectivity index (χ4v) is 4.72. The second kappa shape index (κ2) is 7.26. The van der Waals surface area contributed by atoms with Gasteiger partial charge in [0.25, 0.3) is 0 Å². The van der Waals surface area contributed by atoms with Crippen LogP contribution in [0.3, 0.4) is 0 Å². The van der Waals surface area contributed by atoms with Gasteiger partial charge in [-0.05, 0) is 42.5 Å². The first-order valence-corrected chi connectivity index (χ1v) is 11.2. The number of nitrogens with one attached hydrogen (secondary N) is 2. The molecule has 0 aliphatic heterocycles. The first-order valence-electron chi connectivity index (χ1n) is 11.2. The van der Waals surface area contributed by atoms with Crippen LogP contribution < -0.4 is 5.69 Å². The van der Waals surface area contributed by atoms with Crippen molar-refractivity contribution >= 4 is 33.0 Å². The summed E-state index contributed by atoms with van der Waals surface area (Å²) in [5, 5.41) is 1.01. The van der Waals surface area contributed by atoms with E-state index in [2.05, 4.69) is 37.7 Å². The molecule has 168 valence electrons. The summed E-state index contributed by atoms with van der Waals surface area (Å²) >= 11 is 0. The normalized spacial score (nSPS) is 11.7. The van der Waals surface area contributed by atoms with E-state index in [4.69, 9.17) is 9.97 Å². The second-order valence-electron chi connectivity index (χ2n) is 8.53. The Morgan fingerprint density at radius 3 is 2.49 bits per heavy atom. The molecule has 0 radical (unpaired) electrons. The zero-order valence-electron chi connectivity index (χ0n) is 18.7. The van der Waals surface area contributed by atoms with Crippen LogP contribution in [0, 0.1) is 0 Å². The van der Waals surface area contributed by atoms with Crippen LogP contribution in [0.5, 0.6) is 0 Å². The number of hydrogen-bond donors (Lipinski definition) is 2. The minimum absolute atomic E-state index is 0.228. The standard InChI is InChI=1S/C27H19N7O/c1-33-15-28-14-25(33)23-13-18(17-6-2-3-7-19(17)29-23)26-30-21-8-4-5-9-24(21)34(26)16-10-11-20-22(12-16)32-27(35)31-20/h2-15H,1H3,(H2,31,32,35). The van der Waals surface area contributed by atoms with E-state index in [0.29, 0.717) is 0 Å². The zero-order chi connectivity index (χ0) is 23.5. The molecule has 4 heterocycles. The van der Waals surface area contributed by atoms with Gasteiger partial charge in [-0.3, -0.25) is 4.57 Å². The summed E-state index contributed by atoms with van der Waals surface area (Å²) in [4.78, 5) is 31.8. The molecule has 35 heavy (non-hydrogen) atoms. The van der Waals surface area contributed by atoms with Crippen LogP contribution >= 0.6 is 0 Å². The zero-order valence-corrected chi connectivity index (χ0v) is 18.7. The van der Waals surface area contributed by atoms with Crippen molar-refractivity contribution in [2.45, 2.75) is 0 Å². The minimum atomic E-state index is -0.228. The van der Waals surface area contributed by atoms with Crippen molar-refractivity contribution < 1.29 is 0 Å². The summed E-state index contributed by atoms with van der Waals surface area (Å²) in [6, 6.07) is 24.1. The van der Waals surface area contributed by atoms with E-state index in [9.17, 15) is 4.79 Å². The summed E-state index contributed by atoms with van der Waals surface area (Å²) in [5.74, 6) is 0.797. The maximum atomic E-state index is 11.9. The molecule has 7 rings (SSSR count). The number of hydrogen-bond acceptors (Lipinski definition) is 4. The van der Waals surface area contributed by atoms with Crippen LogP contribution in [-0.4, -0.2) is 34.1 Å². The molecule has 0 unspecified atom stereocenters. The van der Waals surface area contributed by atoms with E-state index >= 15 is 0 Å². The fourth-order valence-electron chi connectivity index (χ4n) is 4.72. The van der Waals surface area contributed by atoms with Gasteiger partial charge in [-0.25, -0.2) is 19.7 Å². The predicted molar refractivity (Wildman–Crippen MR) is 136 cm³/mol. The number of para-hydroxylation sites is 3. The summed E-state index contributed by atoms with van der Waals surface area (Å²) in [6.07, 6.45) is 3.59. The van der Waals surface area contributed by atoms with Crippen molar-refractivity contribution in [1.29, 1.82) is 0 Å². The minimum Gasteiger partial charge on any atom is -0.332 e. The SMILES string of the molecule is Cn1cncc1-c1cc(-c2nc3ccccc3n2-c2ccc3[nH]c(=O)[nH]c3c2)c2ccccc2n1. The van der Waals surface area contributed by atoms with Crippen molar-refractivity contribution in [2.75, 3.05) is 0 Å². The number of nitrogens with zero attached hydrogens (tertiary/aromatic N) is 5. The Bertz CT molecular complexity index is 1950. The van der Waals surface area contributed by atoms with Gasteiger partial charge in [0.2, 0.25) is 0 Å². The summed E-state index contributed by atoms with van der Waals surface area (Å²) in [5.41, 5.74) is 7.62. The van der Waals surface area contributed by atoms with E-state index in [-0.39, 0.29) is 5.69 Å². The number of rotatable bonds is 3. The number of fused-ring (bicyclic) bond motifs is 3. The van der Waals surface area contributed by atoms with E-state index in [0.717, 1.165) is 61.4 Å². The van der Waals surface area contributed by atoms with Crippen LogP contribution in [-0.2, 0) is 7.05 Å². The highest BCUT2D eigenvalue weighted by Crippen LogP contribution is 2.35. The van der Waals surface area contributed by atoms with Gasteiger partial charge < -0.3 is 14.5 Å². The third-order valence-electron chi connectivity index (χ3n) is 6.35. The third-order valence-corrected chi connectivity index (χ3v) is 6.35. The summed E-state index contributed by atoms with van der Waals surface area (Å²) < 4.78 is 4.09. The van der Waals surface area contributed by atoms with Gasteiger partial charge in [-0.15, -0.1) is 0 Å². The van der Waals surface area contributed by atoms with Crippen molar-refractivity contribution in [2.24, 2.45) is 7.05 Å². The van der Waals surface area contributed by atoms with Crippen molar-refractivity contribution in [3.05, 3.63) is 95.8 Å². The van der Waals surface area contributed by atoms with E-state index in [1.54, 1.807) is 6.33 Å². The molecule has 0 aliphatic rings. The van der Waals surface area contributed by atoms with Gasteiger partial charge in [0.05, 0.1) is 51.5 Å². The van der Waals surface area contributed by atoms with Crippen LogP contribution in [0.1, 0.15) is 0 Å². The molecular weight excluding hydrogens is 438 g/mol. The molecule has 0 fully saturated rings. The first-order chi connectivity index (χ1) is 17.2. The van der Waals surface area contributed by atoms with Crippen LogP contribution in [0.25, 0.3) is 61.4 Å². The molecule has 0 spiro atoms. The maximum absolute atomic E-state index is 11.9. The molecule has 0 bridgehead atoms. The predicted octanol–water partition coefficient (Wildman–Crippen LogP) is 4.81. The fraction of sp³-hybridized carbons (Fsp3) is 0.0370. The lowest BCUT2D eigenvalue weighted by Gasteiger charge is -2.13. The molecule has 3 aromatic carbocycles. The Labute approximate surface area is 198 Å². The lowest BCUT2D eigenvalue weighted by Crippen LogP contribution is -2.00. The number of benzene rings is 3. The lowest BCUT2D eigenvalue weighted by molar-refractivity contribution is 0.917. The Morgan fingerprint density at radius 1 is 0.829 bits per heavy atom. The summed E-state index contributed by atoms with van der Waals surface area (Å²) in [6.45, 7) is 0. The number of imidazole rings is 3. The Hall–Kier alpha value is -4.98. The van der Waals surface area contributed by atoms with Gasteiger partial charge >= 0.3 is 5.69 Å². The average Bonchev–Trinajstić information content (AvgIpc) is 3.58. The molecule has 2 N–H and O–H groups in total. The Morgan fingerprint density at radius 2 is 1.63 bits per heavy atom. The quantitative estimate of drug-likeness (QED) is 0.398. The Kier molecular flexibility index (Phi) is 4.04. The van der Waals surface area contributed by atoms with Gasteiger partial charge in [-0.2, -0.15) is 0 Å². The number of aromatic nitrogens is 7. The molecule has 0 amide bonds. The molecule has 4 aromatic heterocycles. The largest absolute Gasteiger partial charge is 0.332 e. The van der Waals surface area contributed by atoms with Crippen molar-refractivity contribution in [1.82, 2.24) is 34.1 Å². The lowest BCUT2D eigenvalue weighted by atomic mass is 10.1. The highest BCUT2D eigenvalue weighted by molar-refractivity contribution is 5.97. The van der Waals surface area contributed by atoms with Gasteiger partial charge in [0.1, 0.15) is 5.82 Å². The topological polar surface area (TPSA) is 97.2 Å². The van der Waals surface area contributed by atoms with Crippen molar-refractivity contribution in [3.63, 3.8) is 0 Å². The summed E-state index contributed by atoms with van der Waals surface area (Å²) in [7, 11) is 1.96. The second-order valence-corrected chi connectivity index (χ2v) is 8.53. The number of pyridine rings is 1. The molecule has 0 saturated carbocycles. The Balaban J connectivity index is 1.58. The molecule has 0 atom stereocenters. The van der Waals surface area contributed by atoms with Crippen LogP contribution in [0.2, 0.25) is 0 Å². The molecule has 0 saturated heterocycles. The molecule has 8 nitrogen and oxygen atoms in total. The monoisotopic (exact) mass is 457 g/mol. The molecule has 0 aliphatic carbocycles. The maximum Gasteiger partial charge on any atom is 0.323 e. The number of aromatic amines is 2. The number of H-pyrrole nitrogens is 2. The van der Waals surface area contributed by atoms with Gasteiger partial charge in [0, 0.05) is 23.7 Å². The first kappa shape index (κ1) is 19.5. The van der Waals surface area contributed by atoms with Gasteiger partial charge in [-0.1, -0.05) is 30.3 Å². The van der Waals surface area contributed by atoms with E-state index in [1.165, 1.54) is 0 Å². The van der Waals surface area contributed by atoms with E-state index < -0.39 is 0 Å². The smallest absolute Gasteiger partial charge is 0.323 e. The van der Waals surface area contributed by atoms with Gasteiger partial charge in [0.15, 0.2) is 0 Å². The van der Waals surface area contributed by atoms with Crippen LogP contribution in [0.4, 0.5) is 0 Å². The molecule has 8 heteroatoms. The highest BCUT2D eigenvalue weighted by atomic mass is 16.1. The van der Waals surface area contributed by atoms with E-state index in [1.807, 2.05) is 72.4 Å². The number of aryl methyl sites for hydroxylation is 1. The average molecular weight is 457 g/mol. The third kappa shape index (κ3) is 3.00.